The van der Waals surface area contributed by atoms with Crippen molar-refractivity contribution in [2.24, 2.45) is 0 Å². The van der Waals surface area contributed by atoms with Crippen LogP contribution in [0, 0.1) is 11.3 Å². The summed E-state index contributed by atoms with van der Waals surface area (Å²) in [6.45, 7) is 6.62. The molecular weight excluding hydrogens is 184 g/mol. The zero-order valence-electron chi connectivity index (χ0n) is 9.75. The molecule has 15 heavy (non-hydrogen) atoms. The van der Waals surface area contributed by atoms with Gasteiger partial charge in [-0.2, -0.15) is 5.26 Å². The lowest BCUT2D eigenvalue weighted by Gasteiger charge is -2.27. The molecule has 1 aromatic heterocycles. The Hall–Kier alpha value is -1.36. The Morgan fingerprint density at radius 3 is 2.53 bits per heavy atom. The molecule has 0 amide bonds. The van der Waals surface area contributed by atoms with Crippen LogP contribution in [0.15, 0.2) is 18.3 Å². The molecule has 0 N–H and O–H groups in total. The summed E-state index contributed by atoms with van der Waals surface area (Å²) in [5.41, 5.74) is 1.89. The second kappa shape index (κ2) is 4.93. The molecule has 0 saturated heterocycles. The lowest BCUT2D eigenvalue weighted by Crippen LogP contribution is -2.22. The van der Waals surface area contributed by atoms with E-state index in [1.54, 1.807) is 6.20 Å². The molecule has 80 valence electrons. The summed E-state index contributed by atoms with van der Waals surface area (Å²) in [6.07, 6.45) is 5.05. The Labute approximate surface area is 92.0 Å². The zero-order chi connectivity index (χ0) is 11.3. The Balaban J connectivity index is 2.98. The zero-order valence-corrected chi connectivity index (χ0v) is 9.75. The van der Waals surface area contributed by atoms with Crippen LogP contribution >= 0.6 is 0 Å². The summed E-state index contributed by atoms with van der Waals surface area (Å²) in [4.78, 5) is 4.39. The van der Waals surface area contributed by atoms with E-state index >= 15 is 0 Å². The maximum absolute atomic E-state index is 8.70. The van der Waals surface area contributed by atoms with E-state index in [0.29, 0.717) is 5.56 Å². The molecule has 1 atom stereocenters. The van der Waals surface area contributed by atoms with Gasteiger partial charge in [0, 0.05) is 17.3 Å². The van der Waals surface area contributed by atoms with Gasteiger partial charge in [-0.05, 0) is 25.0 Å². The van der Waals surface area contributed by atoms with E-state index < -0.39 is 0 Å². The van der Waals surface area contributed by atoms with Crippen molar-refractivity contribution >= 4 is 0 Å². The van der Waals surface area contributed by atoms with Crippen LogP contribution in [-0.2, 0) is 5.41 Å². The van der Waals surface area contributed by atoms with Crippen molar-refractivity contribution in [2.75, 3.05) is 0 Å². The van der Waals surface area contributed by atoms with Crippen LogP contribution in [0.4, 0.5) is 0 Å². The first-order valence-corrected chi connectivity index (χ1v) is 5.53. The summed E-state index contributed by atoms with van der Waals surface area (Å²) < 4.78 is 0. The maximum atomic E-state index is 8.70. The van der Waals surface area contributed by atoms with E-state index in [1.165, 1.54) is 0 Å². The highest BCUT2D eigenvalue weighted by Crippen LogP contribution is 2.30. The number of nitrogens with zero attached hydrogens (tertiary/aromatic N) is 2. The van der Waals surface area contributed by atoms with Gasteiger partial charge in [0.15, 0.2) is 0 Å². The largest absolute Gasteiger partial charge is 0.259 e. The predicted octanol–water partition coefficient (Wildman–Crippen LogP) is 3.42. The summed E-state index contributed by atoms with van der Waals surface area (Å²) in [7, 11) is 0. The van der Waals surface area contributed by atoms with Crippen molar-refractivity contribution in [1.29, 1.82) is 5.26 Å². The van der Waals surface area contributed by atoms with E-state index in [0.717, 1.165) is 25.0 Å². The lowest BCUT2D eigenvalue weighted by atomic mass is 9.79. The monoisotopic (exact) mass is 202 g/mol. The number of aromatic nitrogens is 1. The average Bonchev–Trinajstić information content (AvgIpc) is 2.29. The third-order valence-electron chi connectivity index (χ3n) is 3.09. The highest BCUT2D eigenvalue weighted by atomic mass is 14.7. The Kier molecular flexibility index (Phi) is 3.85. The fourth-order valence-corrected chi connectivity index (χ4v) is 1.85. The van der Waals surface area contributed by atoms with Gasteiger partial charge in [0.05, 0.1) is 5.56 Å². The van der Waals surface area contributed by atoms with Gasteiger partial charge in [-0.15, -0.1) is 0 Å². The van der Waals surface area contributed by atoms with E-state index in [9.17, 15) is 0 Å². The van der Waals surface area contributed by atoms with Crippen LogP contribution in [0.25, 0.3) is 0 Å². The fourth-order valence-electron chi connectivity index (χ4n) is 1.85. The topological polar surface area (TPSA) is 36.7 Å². The molecular formula is C13H18N2. The van der Waals surface area contributed by atoms with Crippen LogP contribution in [-0.4, -0.2) is 4.98 Å². The van der Waals surface area contributed by atoms with Gasteiger partial charge in [-0.3, -0.25) is 4.98 Å². The minimum absolute atomic E-state index is 0.155. The number of hydrogen-bond donors (Lipinski definition) is 0. The van der Waals surface area contributed by atoms with Crippen LogP contribution in [0.1, 0.15) is 51.3 Å². The third-order valence-corrected chi connectivity index (χ3v) is 3.09. The molecule has 0 aliphatic carbocycles. The van der Waals surface area contributed by atoms with Gasteiger partial charge in [-0.1, -0.05) is 27.2 Å². The van der Waals surface area contributed by atoms with E-state index in [2.05, 4.69) is 31.8 Å². The Morgan fingerprint density at radius 2 is 2.13 bits per heavy atom. The molecule has 0 fully saturated rings. The molecule has 1 aromatic rings. The standard InChI is InChI=1S/C13H18N2/c1-4-8-13(3,5-2)12-7-6-11(9-14)10-15-12/h6-7,10H,4-5,8H2,1-3H3. The second-order valence-electron chi connectivity index (χ2n) is 4.21. The van der Waals surface area contributed by atoms with Crippen LogP contribution < -0.4 is 0 Å². The number of hydrogen-bond acceptors (Lipinski definition) is 2. The minimum atomic E-state index is 0.155. The van der Waals surface area contributed by atoms with Crippen LogP contribution in [0.5, 0.6) is 0 Å². The SMILES string of the molecule is CCCC(C)(CC)c1ccc(C#N)cn1. The first kappa shape index (κ1) is 11.7. The molecule has 0 aromatic carbocycles. The molecule has 0 radical (unpaired) electrons. The van der Waals surface area contributed by atoms with Crippen LogP contribution in [0.3, 0.4) is 0 Å². The second-order valence-corrected chi connectivity index (χ2v) is 4.21. The smallest absolute Gasteiger partial charge is 0.101 e. The van der Waals surface area contributed by atoms with Gasteiger partial charge in [0.1, 0.15) is 6.07 Å². The molecule has 0 aliphatic heterocycles. The minimum Gasteiger partial charge on any atom is -0.259 e. The molecule has 2 nitrogen and oxygen atoms in total. The first-order valence-electron chi connectivity index (χ1n) is 5.53. The van der Waals surface area contributed by atoms with Crippen molar-refractivity contribution in [2.45, 2.75) is 45.4 Å². The van der Waals surface area contributed by atoms with Gasteiger partial charge in [0.2, 0.25) is 0 Å². The van der Waals surface area contributed by atoms with Gasteiger partial charge in [-0.25, -0.2) is 0 Å². The predicted molar refractivity (Wildman–Crippen MR) is 61.5 cm³/mol. The summed E-state index contributed by atoms with van der Waals surface area (Å²) in [6, 6.07) is 5.93. The molecule has 0 saturated carbocycles. The quantitative estimate of drug-likeness (QED) is 0.750. The Morgan fingerprint density at radius 1 is 1.40 bits per heavy atom. The van der Waals surface area contributed by atoms with E-state index in [4.69, 9.17) is 5.26 Å². The van der Waals surface area contributed by atoms with E-state index in [-0.39, 0.29) is 5.41 Å². The van der Waals surface area contributed by atoms with Crippen molar-refractivity contribution < 1.29 is 0 Å². The van der Waals surface area contributed by atoms with Crippen molar-refractivity contribution in [3.05, 3.63) is 29.6 Å². The van der Waals surface area contributed by atoms with Gasteiger partial charge < -0.3 is 0 Å². The number of nitriles is 1. The number of pyridine rings is 1. The Bertz CT molecular complexity index is 348. The molecule has 0 spiro atoms. The van der Waals surface area contributed by atoms with Crippen molar-refractivity contribution in [3.8, 4) is 6.07 Å². The average molecular weight is 202 g/mol. The highest BCUT2D eigenvalue weighted by Gasteiger charge is 2.24. The number of rotatable bonds is 4. The molecule has 0 bridgehead atoms. The molecule has 2 heteroatoms. The first-order chi connectivity index (χ1) is 7.16. The molecule has 1 unspecified atom stereocenters. The molecule has 1 heterocycles. The van der Waals surface area contributed by atoms with Gasteiger partial charge in [0.25, 0.3) is 0 Å². The molecule has 0 aliphatic rings. The summed E-state index contributed by atoms with van der Waals surface area (Å²) in [5.74, 6) is 0. The van der Waals surface area contributed by atoms with E-state index in [1.807, 2.05) is 12.1 Å². The van der Waals surface area contributed by atoms with Crippen molar-refractivity contribution in [3.63, 3.8) is 0 Å². The lowest BCUT2D eigenvalue weighted by molar-refractivity contribution is 0.402. The normalized spacial score (nSPS) is 14.3. The maximum Gasteiger partial charge on any atom is 0.101 e. The highest BCUT2D eigenvalue weighted by molar-refractivity contribution is 5.28. The molecule has 1 rings (SSSR count). The van der Waals surface area contributed by atoms with Crippen molar-refractivity contribution in [1.82, 2.24) is 4.98 Å². The fraction of sp³-hybridized carbons (Fsp3) is 0.538. The summed E-state index contributed by atoms with van der Waals surface area (Å²) in [5, 5.41) is 8.70. The summed E-state index contributed by atoms with van der Waals surface area (Å²) >= 11 is 0. The third kappa shape index (κ3) is 2.56. The van der Waals surface area contributed by atoms with Crippen LogP contribution in [0.2, 0.25) is 0 Å². The van der Waals surface area contributed by atoms with Gasteiger partial charge >= 0.3 is 0 Å².